The minimum Gasteiger partial charge on any atom is -0.462 e. The monoisotopic (exact) mass is 240 g/mol. The number of hydrogen-bond acceptors (Lipinski definition) is 4. The van der Waals surface area contributed by atoms with Crippen LogP contribution in [0.4, 0.5) is 10.1 Å². The summed E-state index contributed by atoms with van der Waals surface area (Å²) >= 11 is 0. The molecule has 0 aliphatic carbocycles. The van der Waals surface area contributed by atoms with Gasteiger partial charge in [-0.1, -0.05) is 0 Å². The molecule has 0 aliphatic heterocycles. The van der Waals surface area contributed by atoms with Crippen LogP contribution in [-0.2, 0) is 9.53 Å². The van der Waals surface area contributed by atoms with Crippen molar-refractivity contribution in [1.82, 2.24) is 5.32 Å². The minimum absolute atomic E-state index is 0.0272. The van der Waals surface area contributed by atoms with Crippen molar-refractivity contribution in [2.45, 2.75) is 6.42 Å². The fourth-order valence-electron chi connectivity index (χ4n) is 1.17. The second-order valence-corrected chi connectivity index (χ2v) is 3.33. The number of anilines is 1. The zero-order valence-corrected chi connectivity index (χ0v) is 9.33. The summed E-state index contributed by atoms with van der Waals surface area (Å²) in [6.07, 6.45) is 0.0625. The average molecular weight is 240 g/mol. The molecular formula is C11H13FN2O3. The van der Waals surface area contributed by atoms with Crippen LogP contribution in [0.15, 0.2) is 18.2 Å². The molecule has 1 amide bonds. The second kappa shape index (κ2) is 5.83. The molecule has 0 aliphatic rings. The molecule has 0 saturated heterocycles. The Hall–Kier alpha value is -2.11. The normalized spacial score (nSPS) is 9.76. The molecule has 0 unspecified atom stereocenters. The van der Waals surface area contributed by atoms with Gasteiger partial charge >= 0.3 is 5.97 Å². The van der Waals surface area contributed by atoms with E-state index in [4.69, 9.17) is 10.5 Å². The maximum atomic E-state index is 12.9. The van der Waals surface area contributed by atoms with E-state index in [2.05, 4.69) is 5.32 Å². The number of nitrogen functional groups attached to an aromatic ring is 1. The fourth-order valence-corrected chi connectivity index (χ4v) is 1.17. The van der Waals surface area contributed by atoms with Crippen molar-refractivity contribution in [2.24, 2.45) is 0 Å². The lowest BCUT2D eigenvalue weighted by Gasteiger charge is -2.05. The molecule has 1 aromatic rings. The van der Waals surface area contributed by atoms with Crippen LogP contribution < -0.4 is 11.1 Å². The van der Waals surface area contributed by atoms with Crippen molar-refractivity contribution in [3.8, 4) is 0 Å². The molecule has 17 heavy (non-hydrogen) atoms. The van der Waals surface area contributed by atoms with Gasteiger partial charge < -0.3 is 15.8 Å². The first-order valence-electron chi connectivity index (χ1n) is 4.96. The summed E-state index contributed by atoms with van der Waals surface area (Å²) in [4.78, 5) is 22.3. The van der Waals surface area contributed by atoms with Crippen LogP contribution in [0.5, 0.6) is 0 Å². The number of ether oxygens (including phenoxy) is 1. The van der Waals surface area contributed by atoms with Gasteiger partial charge in [-0.05, 0) is 18.2 Å². The van der Waals surface area contributed by atoms with E-state index in [1.807, 2.05) is 0 Å². The van der Waals surface area contributed by atoms with Crippen molar-refractivity contribution in [3.63, 3.8) is 0 Å². The Bertz CT molecular complexity index is 414. The summed E-state index contributed by atoms with van der Waals surface area (Å²) in [5, 5.41) is 2.39. The molecule has 1 rings (SSSR count). The molecule has 0 radical (unpaired) electrons. The Labute approximate surface area is 97.7 Å². The van der Waals surface area contributed by atoms with Gasteiger partial charge in [0.1, 0.15) is 12.4 Å². The molecule has 5 nitrogen and oxygen atoms in total. The van der Waals surface area contributed by atoms with E-state index in [1.54, 1.807) is 0 Å². The average Bonchev–Trinajstić information content (AvgIpc) is 2.27. The highest BCUT2D eigenvalue weighted by Crippen LogP contribution is 2.11. The number of nitrogens with one attached hydrogen (secondary N) is 1. The number of halogens is 1. The molecule has 92 valence electrons. The molecule has 0 saturated carbocycles. The van der Waals surface area contributed by atoms with E-state index >= 15 is 0 Å². The van der Waals surface area contributed by atoms with Gasteiger partial charge in [-0.15, -0.1) is 0 Å². The zero-order chi connectivity index (χ0) is 12.8. The molecule has 3 N–H and O–H groups in total. The highest BCUT2D eigenvalue weighted by molar-refractivity contribution is 5.90. The maximum absolute atomic E-state index is 12.9. The molecular weight excluding hydrogens is 227 g/mol. The smallest absolute Gasteiger partial charge is 0.338 e. The maximum Gasteiger partial charge on any atom is 0.338 e. The van der Waals surface area contributed by atoms with Crippen LogP contribution in [0.1, 0.15) is 16.8 Å². The molecule has 0 atom stereocenters. The fraction of sp³-hybridized carbons (Fsp3) is 0.273. The van der Waals surface area contributed by atoms with Gasteiger partial charge in [0.2, 0.25) is 5.91 Å². The van der Waals surface area contributed by atoms with Gasteiger partial charge in [-0.25, -0.2) is 9.18 Å². The lowest BCUT2D eigenvalue weighted by atomic mass is 10.2. The Morgan fingerprint density at radius 1 is 1.41 bits per heavy atom. The Morgan fingerprint density at radius 3 is 2.71 bits per heavy atom. The van der Waals surface area contributed by atoms with Gasteiger partial charge in [0.25, 0.3) is 0 Å². The predicted molar refractivity (Wildman–Crippen MR) is 59.8 cm³/mol. The standard InChI is InChI=1S/C11H13FN2O3/c1-14-10(15)2-3-17-11(16)7-4-8(12)6-9(13)5-7/h4-6H,2-3,13H2,1H3,(H,14,15). The third-order valence-corrected chi connectivity index (χ3v) is 2.00. The van der Waals surface area contributed by atoms with Gasteiger partial charge in [0.15, 0.2) is 0 Å². The molecule has 0 aromatic heterocycles. The molecule has 0 fully saturated rings. The number of amides is 1. The SMILES string of the molecule is CNC(=O)CCOC(=O)c1cc(N)cc(F)c1. The first-order valence-corrected chi connectivity index (χ1v) is 4.96. The third kappa shape index (κ3) is 4.10. The molecule has 1 aromatic carbocycles. The Balaban J connectivity index is 2.55. The van der Waals surface area contributed by atoms with Crippen molar-refractivity contribution in [1.29, 1.82) is 0 Å². The quantitative estimate of drug-likeness (QED) is 0.599. The van der Waals surface area contributed by atoms with Crippen LogP contribution in [0, 0.1) is 5.82 Å². The number of esters is 1. The summed E-state index contributed by atoms with van der Waals surface area (Å²) in [6, 6.07) is 3.44. The number of hydrogen-bond donors (Lipinski definition) is 2. The third-order valence-electron chi connectivity index (χ3n) is 2.00. The van der Waals surface area contributed by atoms with Crippen LogP contribution in [-0.4, -0.2) is 25.5 Å². The first kappa shape index (κ1) is 13.0. The Morgan fingerprint density at radius 2 is 2.12 bits per heavy atom. The first-order chi connectivity index (χ1) is 8.02. The number of carbonyl (C=O) groups excluding carboxylic acids is 2. The molecule has 6 heteroatoms. The van der Waals surface area contributed by atoms with Crippen LogP contribution in [0.3, 0.4) is 0 Å². The highest BCUT2D eigenvalue weighted by Gasteiger charge is 2.10. The topological polar surface area (TPSA) is 81.4 Å². The second-order valence-electron chi connectivity index (χ2n) is 3.33. The number of rotatable bonds is 4. The van der Waals surface area contributed by atoms with E-state index in [9.17, 15) is 14.0 Å². The largest absolute Gasteiger partial charge is 0.462 e. The summed E-state index contributed by atoms with van der Waals surface area (Å²) in [7, 11) is 1.48. The van der Waals surface area contributed by atoms with E-state index < -0.39 is 11.8 Å². The van der Waals surface area contributed by atoms with E-state index in [1.165, 1.54) is 13.1 Å². The summed E-state index contributed by atoms with van der Waals surface area (Å²) in [5.74, 6) is -1.56. The van der Waals surface area contributed by atoms with Gasteiger partial charge in [0.05, 0.1) is 12.0 Å². The van der Waals surface area contributed by atoms with Crippen molar-refractivity contribution in [2.75, 3.05) is 19.4 Å². The van der Waals surface area contributed by atoms with E-state index in [0.29, 0.717) is 0 Å². The summed E-state index contributed by atoms with van der Waals surface area (Å²) in [5.41, 5.74) is 5.55. The van der Waals surface area contributed by atoms with E-state index in [0.717, 1.165) is 12.1 Å². The summed E-state index contributed by atoms with van der Waals surface area (Å²) in [6.45, 7) is -0.0606. The Kier molecular flexibility index (Phi) is 4.45. The predicted octanol–water partition coefficient (Wildman–Crippen LogP) is 0.701. The van der Waals surface area contributed by atoms with Crippen LogP contribution in [0.2, 0.25) is 0 Å². The molecule has 0 heterocycles. The minimum atomic E-state index is -0.708. The highest BCUT2D eigenvalue weighted by atomic mass is 19.1. The summed E-state index contributed by atoms with van der Waals surface area (Å²) < 4.78 is 17.7. The van der Waals surface area contributed by atoms with Crippen molar-refractivity contribution >= 4 is 17.6 Å². The molecule has 0 spiro atoms. The van der Waals surface area contributed by atoms with Gasteiger partial charge in [-0.2, -0.15) is 0 Å². The van der Waals surface area contributed by atoms with Gasteiger partial charge in [0, 0.05) is 12.7 Å². The van der Waals surface area contributed by atoms with Gasteiger partial charge in [-0.3, -0.25) is 4.79 Å². The zero-order valence-electron chi connectivity index (χ0n) is 9.33. The number of benzene rings is 1. The number of nitrogens with two attached hydrogens (primary N) is 1. The van der Waals surface area contributed by atoms with Crippen LogP contribution >= 0.6 is 0 Å². The van der Waals surface area contributed by atoms with Crippen LogP contribution in [0.25, 0.3) is 0 Å². The number of carbonyl (C=O) groups is 2. The molecule has 0 bridgehead atoms. The lowest BCUT2D eigenvalue weighted by Crippen LogP contribution is -2.20. The van der Waals surface area contributed by atoms with Crippen molar-refractivity contribution < 1.29 is 18.7 Å². The lowest BCUT2D eigenvalue weighted by molar-refractivity contribution is -0.121. The van der Waals surface area contributed by atoms with Crippen molar-refractivity contribution in [3.05, 3.63) is 29.6 Å². The van der Waals surface area contributed by atoms with E-state index in [-0.39, 0.29) is 30.2 Å².